The molecule has 1 atom stereocenters. The molecular weight excluding hydrogens is 134 g/mol. The molecule has 11 heavy (non-hydrogen) atoms. The molecular formula is C10H21N. The second-order valence-electron chi connectivity index (χ2n) is 3.11. The van der Waals surface area contributed by atoms with Gasteiger partial charge in [-0.15, -0.1) is 0 Å². The van der Waals surface area contributed by atoms with Gasteiger partial charge in [-0.05, 0) is 32.1 Å². The van der Waals surface area contributed by atoms with Gasteiger partial charge >= 0.3 is 0 Å². The number of hydrogen-bond donors (Lipinski definition) is 1. The van der Waals surface area contributed by atoms with Crippen molar-refractivity contribution in [2.45, 2.75) is 33.1 Å². The molecule has 0 rings (SSSR count). The van der Waals surface area contributed by atoms with Gasteiger partial charge in [0, 0.05) is 7.12 Å². The Kier molecular flexibility index (Phi) is 5.63. The first-order valence-electron chi connectivity index (χ1n) is 4.21. The van der Waals surface area contributed by atoms with Crippen LogP contribution in [-0.2, 0) is 0 Å². The molecule has 1 heteroatoms. The fraction of sp³-hybridized carbons (Fsp3) is 0.600. The Morgan fingerprint density at radius 1 is 1.73 bits per heavy atom. The number of rotatable bonds is 5. The average molecular weight is 155 g/mol. The van der Waals surface area contributed by atoms with E-state index in [1.807, 2.05) is 0 Å². The van der Waals surface area contributed by atoms with Gasteiger partial charge in [-0.3, -0.25) is 0 Å². The topological polar surface area (TPSA) is 26.0 Å². The van der Waals surface area contributed by atoms with Gasteiger partial charge in [-0.25, -0.2) is 0 Å². The van der Waals surface area contributed by atoms with E-state index < -0.39 is 0 Å². The Labute approximate surface area is 71.5 Å². The summed E-state index contributed by atoms with van der Waals surface area (Å²) in [5.41, 5.74) is 6.26. The van der Waals surface area contributed by atoms with E-state index in [-0.39, 0.29) is 1.43 Å². The summed E-state index contributed by atoms with van der Waals surface area (Å²) in [7, 11) is 0. The molecule has 0 saturated carbocycles. The van der Waals surface area contributed by atoms with Gasteiger partial charge in [0.15, 0.2) is 0 Å². The summed E-state index contributed by atoms with van der Waals surface area (Å²) in [6.45, 7) is 7.96. The lowest BCUT2D eigenvalue weighted by Gasteiger charge is -2.07. The van der Waals surface area contributed by atoms with Crippen LogP contribution >= 0.6 is 0 Å². The van der Waals surface area contributed by atoms with Crippen LogP contribution in [0, 0.1) is 5.92 Å². The molecule has 0 spiro atoms. The summed E-state index contributed by atoms with van der Waals surface area (Å²) in [6.07, 6.45) is 7.56. The van der Waals surface area contributed by atoms with Crippen molar-refractivity contribution < 1.29 is 1.43 Å². The summed E-state index contributed by atoms with van der Waals surface area (Å²) in [5.74, 6) is 0.728. The van der Waals surface area contributed by atoms with Crippen LogP contribution in [0.2, 0.25) is 0 Å². The monoisotopic (exact) mass is 155 g/mol. The van der Waals surface area contributed by atoms with Crippen molar-refractivity contribution in [3.63, 3.8) is 0 Å². The van der Waals surface area contributed by atoms with Crippen LogP contribution in [0.15, 0.2) is 24.4 Å². The highest BCUT2D eigenvalue weighted by molar-refractivity contribution is 4.87. The first-order chi connectivity index (χ1) is 5.16. The number of allylic oxidation sites excluding steroid dienone is 3. The van der Waals surface area contributed by atoms with E-state index in [0.29, 0.717) is 0 Å². The number of hydrogen-bond acceptors (Lipinski definition) is 1. The zero-order valence-corrected chi connectivity index (χ0v) is 7.64. The minimum absolute atomic E-state index is 0. The molecule has 0 aromatic rings. The van der Waals surface area contributed by atoms with Gasteiger partial charge in [0.05, 0.1) is 0 Å². The fourth-order valence-corrected chi connectivity index (χ4v) is 0.918. The quantitative estimate of drug-likeness (QED) is 0.607. The van der Waals surface area contributed by atoms with E-state index in [4.69, 9.17) is 5.73 Å². The molecule has 0 saturated heterocycles. The van der Waals surface area contributed by atoms with Gasteiger partial charge in [-0.1, -0.05) is 25.7 Å². The molecule has 0 aliphatic carbocycles. The molecule has 0 bridgehead atoms. The van der Waals surface area contributed by atoms with Crippen molar-refractivity contribution in [1.29, 1.82) is 0 Å². The molecule has 1 nitrogen and oxygen atoms in total. The summed E-state index contributed by atoms with van der Waals surface area (Å²) >= 11 is 0. The van der Waals surface area contributed by atoms with E-state index in [2.05, 4.69) is 32.6 Å². The SMILES string of the molecule is C=C(N)CC[C@H](C)C/C=C/C.[HH]. The third kappa shape index (κ3) is 7.17. The highest BCUT2D eigenvalue weighted by atomic mass is 14.6. The standard InChI is InChI=1S/C10H19N.H2/c1-4-5-6-9(2)7-8-10(3)11;/h4-5,9H,3,6-8,11H2,1-2H3;1H/b5-4+;/t9-;/m1./s1. The second kappa shape index (κ2) is 6.02. The smallest absolute Gasteiger partial charge is 0.000754 e. The van der Waals surface area contributed by atoms with Gasteiger partial charge < -0.3 is 5.73 Å². The summed E-state index contributed by atoms with van der Waals surface area (Å²) in [4.78, 5) is 0. The van der Waals surface area contributed by atoms with Crippen LogP contribution in [0.25, 0.3) is 0 Å². The van der Waals surface area contributed by atoms with E-state index >= 15 is 0 Å². The molecule has 0 radical (unpaired) electrons. The van der Waals surface area contributed by atoms with Gasteiger partial charge in [-0.2, -0.15) is 0 Å². The molecule has 0 fully saturated rings. The Morgan fingerprint density at radius 2 is 2.36 bits per heavy atom. The van der Waals surface area contributed by atoms with Crippen LogP contribution < -0.4 is 5.73 Å². The summed E-state index contributed by atoms with van der Waals surface area (Å²) < 4.78 is 0. The highest BCUT2D eigenvalue weighted by Gasteiger charge is 1.98. The van der Waals surface area contributed by atoms with Crippen molar-refractivity contribution in [2.24, 2.45) is 11.7 Å². The van der Waals surface area contributed by atoms with Gasteiger partial charge in [0.25, 0.3) is 0 Å². The van der Waals surface area contributed by atoms with Crippen molar-refractivity contribution in [3.8, 4) is 0 Å². The molecule has 0 heterocycles. The molecule has 0 aromatic heterocycles. The minimum Gasteiger partial charge on any atom is -0.403 e. The maximum Gasteiger partial charge on any atom is 0.000754 e. The van der Waals surface area contributed by atoms with E-state index in [1.54, 1.807) is 0 Å². The molecule has 66 valence electrons. The Balaban J connectivity index is 0. The van der Waals surface area contributed by atoms with Crippen molar-refractivity contribution in [1.82, 2.24) is 0 Å². The minimum atomic E-state index is 0. The Morgan fingerprint density at radius 3 is 2.82 bits per heavy atom. The van der Waals surface area contributed by atoms with Crippen molar-refractivity contribution >= 4 is 0 Å². The van der Waals surface area contributed by atoms with E-state index in [0.717, 1.165) is 30.9 Å². The average Bonchev–Trinajstić information content (AvgIpc) is 1.97. The third-order valence-electron chi connectivity index (χ3n) is 1.73. The largest absolute Gasteiger partial charge is 0.403 e. The predicted octanol–water partition coefficient (Wildman–Crippen LogP) is 3.09. The van der Waals surface area contributed by atoms with Crippen LogP contribution in [0.4, 0.5) is 0 Å². The van der Waals surface area contributed by atoms with Gasteiger partial charge in [0.2, 0.25) is 0 Å². The Bertz CT molecular complexity index is 141. The maximum absolute atomic E-state index is 5.46. The lowest BCUT2D eigenvalue weighted by Crippen LogP contribution is -1.99. The fourth-order valence-electron chi connectivity index (χ4n) is 0.918. The zero-order chi connectivity index (χ0) is 8.69. The first-order valence-corrected chi connectivity index (χ1v) is 4.21. The van der Waals surface area contributed by atoms with Crippen molar-refractivity contribution in [3.05, 3.63) is 24.4 Å². The number of nitrogens with two attached hydrogens (primary N) is 1. The van der Waals surface area contributed by atoms with Gasteiger partial charge in [0.1, 0.15) is 0 Å². The third-order valence-corrected chi connectivity index (χ3v) is 1.73. The maximum atomic E-state index is 5.46. The molecule has 0 amide bonds. The normalized spacial score (nSPS) is 13.6. The van der Waals surface area contributed by atoms with Crippen LogP contribution in [0.3, 0.4) is 0 Å². The van der Waals surface area contributed by atoms with E-state index in [9.17, 15) is 0 Å². The molecule has 0 unspecified atom stereocenters. The predicted molar refractivity (Wildman–Crippen MR) is 53.3 cm³/mol. The second-order valence-corrected chi connectivity index (χ2v) is 3.11. The highest BCUT2D eigenvalue weighted by Crippen LogP contribution is 2.12. The summed E-state index contributed by atoms with van der Waals surface area (Å²) in [5, 5.41) is 0. The summed E-state index contributed by atoms with van der Waals surface area (Å²) in [6, 6.07) is 0. The lowest BCUT2D eigenvalue weighted by molar-refractivity contribution is 0.538. The Hall–Kier alpha value is -0.720. The first kappa shape index (κ1) is 10.3. The molecule has 2 N–H and O–H groups in total. The molecule has 0 aliphatic rings. The van der Waals surface area contributed by atoms with Crippen LogP contribution in [-0.4, -0.2) is 0 Å². The van der Waals surface area contributed by atoms with Crippen LogP contribution in [0.5, 0.6) is 0 Å². The molecule has 0 aliphatic heterocycles. The lowest BCUT2D eigenvalue weighted by atomic mass is 10.0. The van der Waals surface area contributed by atoms with E-state index in [1.165, 1.54) is 0 Å². The zero-order valence-electron chi connectivity index (χ0n) is 7.64. The van der Waals surface area contributed by atoms with Crippen LogP contribution in [0.1, 0.15) is 34.5 Å². The molecule has 0 aromatic carbocycles. The van der Waals surface area contributed by atoms with Crippen molar-refractivity contribution in [2.75, 3.05) is 0 Å².